The van der Waals surface area contributed by atoms with Crippen molar-refractivity contribution in [2.24, 2.45) is 0 Å². The third-order valence-electron chi connectivity index (χ3n) is 1.08. The molecule has 0 bridgehead atoms. The molecule has 8 heavy (non-hydrogen) atoms. The van der Waals surface area contributed by atoms with Gasteiger partial charge in [-0.2, -0.15) is 0 Å². The molecule has 0 aliphatic heterocycles. The van der Waals surface area contributed by atoms with E-state index in [0.29, 0.717) is 0 Å². The lowest BCUT2D eigenvalue weighted by Gasteiger charge is -1.82. The first-order valence-electron chi connectivity index (χ1n) is 3.56. The lowest BCUT2D eigenvalue weighted by Crippen LogP contribution is -1.76. The first kappa shape index (κ1) is 7.96. The van der Waals surface area contributed by atoms with Crippen molar-refractivity contribution >= 4 is 9.52 Å². The molecule has 0 N–H and O–H groups in total. The maximum atomic E-state index is 2.41. The van der Waals surface area contributed by atoms with Crippen LogP contribution in [0.5, 0.6) is 0 Å². The molecule has 0 heterocycles. The average molecular weight is 128 g/mol. The number of hydrogen-bond donors (Lipinski definition) is 0. The molecule has 0 aliphatic carbocycles. The van der Waals surface area contributed by atoms with Crippen LogP contribution < -0.4 is 0 Å². The van der Waals surface area contributed by atoms with Crippen LogP contribution in [0.15, 0.2) is 11.8 Å². The van der Waals surface area contributed by atoms with Crippen molar-refractivity contribution in [3.05, 3.63) is 11.8 Å². The molecule has 0 rings (SSSR count). The number of hydrogen-bond acceptors (Lipinski definition) is 0. The van der Waals surface area contributed by atoms with Crippen LogP contribution in [-0.2, 0) is 0 Å². The zero-order valence-corrected chi connectivity index (χ0v) is 7.40. The predicted molar refractivity (Wildman–Crippen MR) is 43.1 cm³/mol. The van der Waals surface area contributed by atoms with Crippen molar-refractivity contribution < 1.29 is 0 Å². The second kappa shape index (κ2) is 6.96. The lowest BCUT2D eigenvalue weighted by molar-refractivity contribution is 0.960. The maximum absolute atomic E-state index is 2.41. The van der Waals surface area contributed by atoms with Crippen LogP contribution in [-0.4, -0.2) is 9.52 Å². The van der Waals surface area contributed by atoms with E-state index in [-0.39, 0.29) is 9.52 Å². The molecular weight excluding hydrogens is 112 g/mol. The van der Waals surface area contributed by atoms with E-state index in [9.17, 15) is 0 Å². The Morgan fingerprint density at radius 2 is 2.12 bits per heavy atom. The molecular formula is C7H16Si. The lowest BCUT2D eigenvalue weighted by atomic mass is 10.3. The Kier molecular flexibility index (Phi) is 6.92. The largest absolute Gasteiger partial charge is 0.105 e. The zero-order chi connectivity index (χ0) is 6.24. The van der Waals surface area contributed by atoms with Crippen LogP contribution in [0.3, 0.4) is 0 Å². The van der Waals surface area contributed by atoms with Crippen LogP contribution in [0.4, 0.5) is 0 Å². The summed E-state index contributed by atoms with van der Waals surface area (Å²) in [5.74, 6) is 0. The van der Waals surface area contributed by atoms with Crippen molar-refractivity contribution in [2.45, 2.75) is 32.7 Å². The fraction of sp³-hybridized carbons (Fsp3) is 0.714. The van der Waals surface area contributed by atoms with Gasteiger partial charge < -0.3 is 0 Å². The summed E-state index contributed by atoms with van der Waals surface area (Å²) in [6.45, 7) is 4.49. The van der Waals surface area contributed by atoms with E-state index in [1.54, 1.807) is 0 Å². The summed E-state index contributed by atoms with van der Waals surface area (Å²) in [4.78, 5) is 0. The molecule has 0 saturated heterocycles. The molecule has 48 valence electrons. The van der Waals surface area contributed by atoms with Crippen LogP contribution in [0.2, 0.25) is 6.04 Å². The van der Waals surface area contributed by atoms with Gasteiger partial charge in [-0.15, -0.1) is 5.70 Å². The molecule has 0 spiro atoms. The average Bonchev–Trinajstić information content (AvgIpc) is 1.81. The summed E-state index contributed by atoms with van der Waals surface area (Å²) >= 11 is 0. The second-order valence-electron chi connectivity index (χ2n) is 2.05. The molecule has 0 aliphatic rings. The minimum atomic E-state index is 0.221. The van der Waals surface area contributed by atoms with Crippen LogP contribution >= 0.6 is 0 Å². The Bertz CT molecular complexity index is 49.4. The van der Waals surface area contributed by atoms with Gasteiger partial charge in [0.1, 0.15) is 0 Å². The van der Waals surface area contributed by atoms with Gasteiger partial charge >= 0.3 is 0 Å². The highest BCUT2D eigenvalue weighted by molar-refractivity contribution is 6.41. The van der Waals surface area contributed by atoms with Crippen molar-refractivity contribution in [3.63, 3.8) is 0 Å². The minimum Gasteiger partial charge on any atom is -0.105 e. The normalized spacial score (nSPS) is 12.2. The summed E-state index contributed by atoms with van der Waals surface area (Å²) in [6, 6.07) is 1.42. The van der Waals surface area contributed by atoms with Gasteiger partial charge in [0.15, 0.2) is 0 Å². The van der Waals surface area contributed by atoms with Crippen molar-refractivity contribution in [1.82, 2.24) is 0 Å². The number of allylic oxidation sites excluding steroid dienone is 1. The van der Waals surface area contributed by atoms with Gasteiger partial charge in [0.2, 0.25) is 0 Å². The van der Waals surface area contributed by atoms with Crippen molar-refractivity contribution in [1.29, 1.82) is 0 Å². The smallest absolute Gasteiger partial charge is 0.0447 e. The Morgan fingerprint density at radius 3 is 2.62 bits per heavy atom. The van der Waals surface area contributed by atoms with Gasteiger partial charge in [0.25, 0.3) is 0 Å². The summed E-state index contributed by atoms with van der Waals surface area (Å²) in [6.07, 6.45) is 4.91. The monoisotopic (exact) mass is 128 g/mol. The highest BCUT2D eigenvalue weighted by Crippen LogP contribution is 1.87. The van der Waals surface area contributed by atoms with Crippen LogP contribution in [0.1, 0.15) is 26.7 Å². The first-order chi connectivity index (χ1) is 3.91. The quantitative estimate of drug-likeness (QED) is 0.507. The standard InChI is InChI=1S/C7H16Si/c1-3-5-6-7-8-4-2/h6-7H,3-5,8H2,1-2H3/b7-6+. The molecule has 0 amide bonds. The van der Waals surface area contributed by atoms with Gasteiger partial charge in [-0.25, -0.2) is 0 Å². The third-order valence-corrected chi connectivity index (χ3v) is 2.32. The van der Waals surface area contributed by atoms with E-state index in [2.05, 4.69) is 25.6 Å². The van der Waals surface area contributed by atoms with Gasteiger partial charge in [0.05, 0.1) is 0 Å². The Balaban J connectivity index is 2.83. The molecule has 0 aromatic rings. The molecule has 0 radical (unpaired) electrons. The molecule has 1 heteroatoms. The maximum Gasteiger partial charge on any atom is 0.0447 e. The van der Waals surface area contributed by atoms with Gasteiger partial charge in [0, 0.05) is 9.52 Å². The van der Waals surface area contributed by atoms with Crippen molar-refractivity contribution in [2.75, 3.05) is 0 Å². The SMILES string of the molecule is CCC/C=C/[SiH2]CC. The van der Waals surface area contributed by atoms with E-state index < -0.39 is 0 Å². The predicted octanol–water partition coefficient (Wildman–Crippen LogP) is 1.91. The molecule has 0 unspecified atom stereocenters. The number of unbranched alkanes of at least 4 members (excludes halogenated alkanes) is 1. The van der Waals surface area contributed by atoms with Crippen LogP contribution in [0.25, 0.3) is 0 Å². The Labute approximate surface area is 54.8 Å². The zero-order valence-electron chi connectivity index (χ0n) is 5.98. The van der Waals surface area contributed by atoms with Gasteiger partial charge in [-0.1, -0.05) is 32.4 Å². The fourth-order valence-corrected chi connectivity index (χ4v) is 1.37. The second-order valence-corrected chi connectivity index (χ2v) is 4.10. The number of rotatable bonds is 4. The van der Waals surface area contributed by atoms with Gasteiger partial charge in [-0.3, -0.25) is 0 Å². The molecule has 0 atom stereocenters. The van der Waals surface area contributed by atoms with E-state index in [1.807, 2.05) is 0 Å². The molecule has 0 fully saturated rings. The molecule has 0 aromatic heterocycles. The molecule has 0 saturated carbocycles. The van der Waals surface area contributed by atoms with E-state index in [1.165, 1.54) is 18.9 Å². The van der Waals surface area contributed by atoms with E-state index >= 15 is 0 Å². The van der Waals surface area contributed by atoms with Crippen molar-refractivity contribution in [3.8, 4) is 0 Å². The topological polar surface area (TPSA) is 0 Å². The van der Waals surface area contributed by atoms with E-state index in [0.717, 1.165) is 0 Å². The summed E-state index contributed by atoms with van der Waals surface area (Å²) in [5, 5.41) is 0. The van der Waals surface area contributed by atoms with Gasteiger partial charge in [-0.05, 0) is 6.42 Å². The Morgan fingerprint density at radius 1 is 1.38 bits per heavy atom. The summed E-state index contributed by atoms with van der Waals surface area (Å²) in [7, 11) is 0.221. The summed E-state index contributed by atoms with van der Waals surface area (Å²) < 4.78 is 0. The highest BCUT2D eigenvalue weighted by Gasteiger charge is 1.73. The Hall–Kier alpha value is -0.0431. The molecule has 0 nitrogen and oxygen atoms in total. The minimum absolute atomic E-state index is 0.221. The first-order valence-corrected chi connectivity index (χ1v) is 5.38. The summed E-state index contributed by atoms with van der Waals surface area (Å²) in [5.41, 5.74) is 2.41. The molecule has 0 aromatic carbocycles. The van der Waals surface area contributed by atoms with E-state index in [4.69, 9.17) is 0 Å². The van der Waals surface area contributed by atoms with Crippen LogP contribution in [0, 0.1) is 0 Å². The third kappa shape index (κ3) is 5.96. The fourth-order valence-electron chi connectivity index (χ4n) is 0.569. The highest BCUT2D eigenvalue weighted by atomic mass is 28.2.